The number of hydrogen-bond donors (Lipinski definition) is 2. The quantitative estimate of drug-likeness (QED) is 0.571. The molecule has 1 heterocycles. The van der Waals surface area contributed by atoms with Gasteiger partial charge >= 0.3 is 6.18 Å². The second-order valence-corrected chi connectivity index (χ2v) is 9.43. The van der Waals surface area contributed by atoms with Crippen molar-refractivity contribution < 1.29 is 26.4 Å². The van der Waals surface area contributed by atoms with E-state index < -0.39 is 27.7 Å². The number of nitrogens with zero attached hydrogens (tertiary/aromatic N) is 2. The second kappa shape index (κ2) is 9.31. The highest BCUT2D eigenvalue weighted by Gasteiger charge is 2.31. The summed E-state index contributed by atoms with van der Waals surface area (Å²) in [6, 6.07) is 2.30. The van der Waals surface area contributed by atoms with E-state index in [-0.39, 0.29) is 11.4 Å². The van der Waals surface area contributed by atoms with E-state index in [1.165, 1.54) is 6.08 Å². The first-order valence-corrected chi connectivity index (χ1v) is 11.4. The molecule has 0 spiro atoms. The normalized spacial score (nSPS) is 12.5. The lowest BCUT2D eigenvalue weighted by molar-refractivity contribution is -0.137. The molecule has 0 aliphatic heterocycles. The van der Waals surface area contributed by atoms with E-state index in [9.17, 15) is 26.4 Å². The molecule has 0 bridgehead atoms. The number of aryl methyl sites for hydroxylation is 1. The van der Waals surface area contributed by atoms with Crippen molar-refractivity contribution >= 4 is 45.0 Å². The average molecular weight is 479 g/mol. The highest BCUT2D eigenvalue weighted by molar-refractivity contribution is 7.92. The Morgan fingerprint density at radius 2 is 1.94 bits per heavy atom. The van der Waals surface area contributed by atoms with Crippen molar-refractivity contribution in [1.29, 1.82) is 0 Å². The molecular weight excluding hydrogens is 457 g/mol. The summed E-state index contributed by atoms with van der Waals surface area (Å²) in [5.41, 5.74) is -0.506. The summed E-state index contributed by atoms with van der Waals surface area (Å²) in [4.78, 5) is 12.3. The SMILES string of the molecule is Cc1nn(CC(C)C)c(Cl)c1C=CC(=O)Nc1cc(C(F)(F)F)ccc1NS(C)(=O)=O. The number of sulfonamides is 1. The van der Waals surface area contributed by atoms with Gasteiger partial charge in [0.05, 0.1) is 28.9 Å². The van der Waals surface area contributed by atoms with Crippen LogP contribution in [0.2, 0.25) is 5.15 Å². The molecule has 7 nitrogen and oxygen atoms in total. The zero-order valence-electron chi connectivity index (χ0n) is 17.2. The van der Waals surface area contributed by atoms with Crippen LogP contribution in [0.5, 0.6) is 0 Å². The lowest BCUT2D eigenvalue weighted by Gasteiger charge is -2.14. The van der Waals surface area contributed by atoms with Gasteiger partial charge in [0, 0.05) is 18.2 Å². The van der Waals surface area contributed by atoms with Gasteiger partial charge in [0.15, 0.2) is 0 Å². The molecule has 0 unspecified atom stereocenters. The van der Waals surface area contributed by atoms with Crippen LogP contribution in [0.1, 0.15) is 30.7 Å². The van der Waals surface area contributed by atoms with Crippen molar-refractivity contribution in [2.24, 2.45) is 5.92 Å². The molecule has 0 radical (unpaired) electrons. The molecule has 31 heavy (non-hydrogen) atoms. The Balaban J connectivity index is 2.31. The number of carbonyl (C=O) groups excluding carboxylic acids is 1. The Morgan fingerprint density at radius 1 is 1.29 bits per heavy atom. The third kappa shape index (κ3) is 7.00. The average Bonchev–Trinajstić information content (AvgIpc) is 2.85. The van der Waals surface area contributed by atoms with E-state index in [1.54, 1.807) is 11.6 Å². The Labute approximate surface area is 183 Å². The van der Waals surface area contributed by atoms with Crippen LogP contribution in [0.25, 0.3) is 6.08 Å². The molecule has 0 fully saturated rings. The molecule has 1 aromatic heterocycles. The van der Waals surface area contributed by atoms with Gasteiger partial charge in [-0.3, -0.25) is 14.2 Å². The Kier molecular flexibility index (Phi) is 7.43. The summed E-state index contributed by atoms with van der Waals surface area (Å²) in [7, 11) is -3.79. The Bertz CT molecular complexity index is 1110. The Morgan fingerprint density at radius 3 is 2.48 bits per heavy atom. The van der Waals surface area contributed by atoms with Crippen LogP contribution in [0, 0.1) is 12.8 Å². The zero-order valence-corrected chi connectivity index (χ0v) is 18.8. The summed E-state index contributed by atoms with van der Waals surface area (Å²) in [6.07, 6.45) is -1.35. The first-order chi connectivity index (χ1) is 14.2. The number of halogens is 4. The van der Waals surface area contributed by atoms with Crippen LogP contribution < -0.4 is 10.0 Å². The summed E-state index contributed by atoms with van der Waals surface area (Å²) in [6.45, 7) is 6.27. The smallest absolute Gasteiger partial charge is 0.321 e. The number of hydrogen-bond acceptors (Lipinski definition) is 4. The fourth-order valence-electron chi connectivity index (χ4n) is 2.67. The summed E-state index contributed by atoms with van der Waals surface area (Å²) < 4.78 is 65.8. The van der Waals surface area contributed by atoms with Gasteiger partial charge in [-0.15, -0.1) is 0 Å². The number of alkyl halides is 3. The second-order valence-electron chi connectivity index (χ2n) is 7.32. The summed E-state index contributed by atoms with van der Waals surface area (Å²) in [5.74, 6) is -0.485. The maximum absolute atomic E-state index is 13.0. The highest BCUT2D eigenvalue weighted by Crippen LogP contribution is 2.34. The molecule has 12 heteroatoms. The van der Waals surface area contributed by atoms with Crippen LogP contribution in [0.3, 0.4) is 0 Å². The largest absolute Gasteiger partial charge is 0.416 e. The number of benzene rings is 1. The number of nitrogens with one attached hydrogen (secondary N) is 2. The molecule has 0 saturated carbocycles. The maximum Gasteiger partial charge on any atom is 0.416 e. The number of amides is 1. The van der Waals surface area contributed by atoms with Crippen LogP contribution in [-0.4, -0.2) is 30.4 Å². The monoisotopic (exact) mass is 478 g/mol. The minimum atomic E-state index is -4.67. The Hall–Kier alpha value is -2.53. The van der Waals surface area contributed by atoms with Crippen molar-refractivity contribution in [3.63, 3.8) is 0 Å². The molecule has 2 rings (SSSR count). The van der Waals surface area contributed by atoms with Crippen molar-refractivity contribution in [2.75, 3.05) is 16.3 Å². The molecule has 0 aliphatic rings. The van der Waals surface area contributed by atoms with Crippen molar-refractivity contribution in [2.45, 2.75) is 33.5 Å². The minimum Gasteiger partial charge on any atom is -0.321 e. The van der Waals surface area contributed by atoms with E-state index in [0.29, 0.717) is 41.0 Å². The van der Waals surface area contributed by atoms with E-state index in [0.717, 1.165) is 18.4 Å². The van der Waals surface area contributed by atoms with Gasteiger partial charge in [-0.2, -0.15) is 18.3 Å². The molecule has 0 atom stereocenters. The fourth-order valence-corrected chi connectivity index (χ4v) is 3.55. The van der Waals surface area contributed by atoms with E-state index in [4.69, 9.17) is 11.6 Å². The first-order valence-electron chi connectivity index (χ1n) is 9.08. The van der Waals surface area contributed by atoms with Gasteiger partial charge in [-0.05, 0) is 37.1 Å². The molecule has 0 saturated heterocycles. The zero-order chi connectivity index (χ0) is 23.6. The third-order valence-corrected chi connectivity index (χ3v) is 4.94. The molecule has 170 valence electrons. The standard InChI is InChI=1S/C19H22ClF3N4O3S/c1-11(2)10-27-18(20)14(12(3)25-27)6-8-17(28)24-16-9-13(19(21,22)23)5-7-15(16)26-31(4,29)30/h5-9,11,26H,10H2,1-4H3,(H,24,28). The van der Waals surface area contributed by atoms with Crippen molar-refractivity contribution in [3.8, 4) is 0 Å². The van der Waals surface area contributed by atoms with E-state index in [1.807, 2.05) is 13.8 Å². The van der Waals surface area contributed by atoms with Crippen LogP contribution >= 0.6 is 11.6 Å². The van der Waals surface area contributed by atoms with Gasteiger partial charge in [0.2, 0.25) is 15.9 Å². The van der Waals surface area contributed by atoms with Gasteiger partial charge in [-0.25, -0.2) is 8.42 Å². The van der Waals surface area contributed by atoms with Crippen molar-refractivity contribution in [3.05, 3.63) is 46.2 Å². The minimum absolute atomic E-state index is 0.198. The lowest BCUT2D eigenvalue weighted by atomic mass is 10.1. The molecule has 2 aromatic rings. The lowest BCUT2D eigenvalue weighted by Crippen LogP contribution is -2.16. The van der Waals surface area contributed by atoms with Gasteiger partial charge in [-0.1, -0.05) is 25.4 Å². The predicted octanol–water partition coefficient (Wildman–Crippen LogP) is 4.54. The summed E-state index contributed by atoms with van der Waals surface area (Å²) >= 11 is 6.30. The molecule has 1 amide bonds. The number of carbonyl (C=O) groups is 1. The molecule has 0 aliphatic carbocycles. The molecule has 1 aromatic carbocycles. The predicted molar refractivity (Wildman–Crippen MR) is 114 cm³/mol. The number of aromatic nitrogens is 2. The molecule has 2 N–H and O–H groups in total. The van der Waals surface area contributed by atoms with Crippen LogP contribution in [-0.2, 0) is 27.5 Å². The highest BCUT2D eigenvalue weighted by atomic mass is 35.5. The van der Waals surface area contributed by atoms with Crippen LogP contribution in [0.4, 0.5) is 24.5 Å². The molecular formula is C19H22ClF3N4O3S. The first kappa shape index (κ1) is 24.7. The van der Waals surface area contributed by atoms with Gasteiger partial charge in [0.25, 0.3) is 0 Å². The van der Waals surface area contributed by atoms with E-state index in [2.05, 4.69) is 15.1 Å². The number of anilines is 2. The maximum atomic E-state index is 13.0. The summed E-state index contributed by atoms with van der Waals surface area (Å²) in [5, 5.41) is 6.90. The van der Waals surface area contributed by atoms with E-state index >= 15 is 0 Å². The number of rotatable bonds is 7. The van der Waals surface area contributed by atoms with Gasteiger partial charge in [0.1, 0.15) is 5.15 Å². The fraction of sp³-hybridized carbons (Fsp3) is 0.368. The van der Waals surface area contributed by atoms with Crippen molar-refractivity contribution in [1.82, 2.24) is 9.78 Å². The third-order valence-electron chi connectivity index (χ3n) is 3.95. The topological polar surface area (TPSA) is 93.1 Å². The van der Waals surface area contributed by atoms with Gasteiger partial charge < -0.3 is 5.32 Å². The van der Waals surface area contributed by atoms with Crippen LogP contribution in [0.15, 0.2) is 24.3 Å².